The van der Waals surface area contributed by atoms with Crippen LogP contribution in [0, 0.1) is 5.92 Å². The highest BCUT2D eigenvalue weighted by Crippen LogP contribution is 2.23. The standard InChI is InChI=1S/C21H34ClN5O4/c1-15(13-23-20(30)31-21(2,3)4)27(19(29)12-22)14-16-8-10-26(11-9-16)17-6-7-18(28)25(5)24-17/h6-7,15-16H,8-14H2,1-5H3,(H,23,30)/t15-/m0/s1. The average Bonchev–Trinajstić information content (AvgIpc) is 2.71. The van der Waals surface area contributed by atoms with E-state index in [0.717, 1.165) is 31.7 Å². The van der Waals surface area contributed by atoms with E-state index >= 15 is 0 Å². The highest BCUT2D eigenvalue weighted by molar-refractivity contribution is 6.27. The van der Waals surface area contributed by atoms with E-state index < -0.39 is 11.7 Å². The van der Waals surface area contributed by atoms with Crippen molar-refractivity contribution in [1.29, 1.82) is 0 Å². The lowest BCUT2D eigenvalue weighted by Crippen LogP contribution is -2.49. The SMILES string of the molecule is C[C@@H](CNC(=O)OC(C)(C)C)N(CC1CCN(c2ccc(=O)n(C)n2)CC1)C(=O)CCl. The number of rotatable bonds is 7. The molecule has 9 nitrogen and oxygen atoms in total. The summed E-state index contributed by atoms with van der Waals surface area (Å²) in [7, 11) is 1.64. The van der Waals surface area contributed by atoms with Crippen molar-refractivity contribution in [2.24, 2.45) is 13.0 Å². The molecular weight excluding hydrogens is 422 g/mol. The van der Waals surface area contributed by atoms with Gasteiger partial charge in [-0.15, -0.1) is 11.6 Å². The summed E-state index contributed by atoms with van der Waals surface area (Å²) in [5, 5.41) is 7.05. The Balaban J connectivity index is 1.91. The van der Waals surface area contributed by atoms with Crippen LogP contribution >= 0.6 is 11.6 Å². The van der Waals surface area contributed by atoms with Gasteiger partial charge in [0, 0.05) is 45.3 Å². The Hall–Kier alpha value is -2.29. The van der Waals surface area contributed by atoms with Crippen LogP contribution in [-0.4, -0.2) is 70.4 Å². The van der Waals surface area contributed by atoms with E-state index in [1.807, 2.05) is 6.92 Å². The fourth-order valence-electron chi connectivity index (χ4n) is 3.54. The van der Waals surface area contributed by atoms with E-state index in [2.05, 4.69) is 15.3 Å². The van der Waals surface area contributed by atoms with Gasteiger partial charge in [-0.3, -0.25) is 9.59 Å². The van der Waals surface area contributed by atoms with Crippen LogP contribution in [0.4, 0.5) is 10.6 Å². The molecule has 0 bridgehead atoms. The molecule has 0 aromatic carbocycles. The van der Waals surface area contributed by atoms with Gasteiger partial charge >= 0.3 is 6.09 Å². The van der Waals surface area contributed by atoms with Crippen LogP contribution in [0.5, 0.6) is 0 Å². The first-order valence-corrected chi connectivity index (χ1v) is 11.1. The molecular formula is C21H34ClN5O4. The molecule has 10 heteroatoms. The topological polar surface area (TPSA) is 96.8 Å². The Kier molecular flexibility index (Phi) is 8.73. The first-order chi connectivity index (χ1) is 14.5. The molecule has 1 aromatic heterocycles. The van der Waals surface area contributed by atoms with Crippen LogP contribution in [-0.2, 0) is 16.6 Å². The number of ether oxygens (including phenoxy) is 1. The first-order valence-electron chi connectivity index (χ1n) is 10.6. The molecule has 174 valence electrons. The number of carbonyl (C=O) groups excluding carboxylic acids is 2. The van der Waals surface area contributed by atoms with Crippen LogP contribution < -0.4 is 15.8 Å². The summed E-state index contributed by atoms with van der Waals surface area (Å²) in [6.07, 6.45) is 1.28. The van der Waals surface area contributed by atoms with Gasteiger partial charge in [-0.1, -0.05) is 0 Å². The number of nitrogens with one attached hydrogen (secondary N) is 1. The molecule has 31 heavy (non-hydrogen) atoms. The van der Waals surface area contributed by atoms with Gasteiger partial charge in [0.2, 0.25) is 5.91 Å². The molecule has 1 aliphatic rings. The van der Waals surface area contributed by atoms with Gasteiger partial charge in [0.15, 0.2) is 0 Å². The highest BCUT2D eigenvalue weighted by Gasteiger charge is 2.27. The zero-order chi connectivity index (χ0) is 23.2. The Morgan fingerprint density at radius 2 is 1.97 bits per heavy atom. The number of aromatic nitrogens is 2. The average molecular weight is 456 g/mol. The minimum Gasteiger partial charge on any atom is -0.444 e. The fraction of sp³-hybridized carbons (Fsp3) is 0.714. The lowest BCUT2D eigenvalue weighted by Gasteiger charge is -2.37. The molecule has 0 spiro atoms. The molecule has 0 saturated carbocycles. The molecule has 1 fully saturated rings. The summed E-state index contributed by atoms with van der Waals surface area (Å²) in [6.45, 7) is 9.76. The third-order valence-electron chi connectivity index (χ3n) is 5.25. The van der Waals surface area contributed by atoms with Crippen molar-refractivity contribution < 1.29 is 14.3 Å². The van der Waals surface area contributed by atoms with E-state index in [0.29, 0.717) is 19.0 Å². The van der Waals surface area contributed by atoms with Crippen LogP contribution in [0.2, 0.25) is 0 Å². The molecule has 2 amide bonds. The second-order valence-electron chi connectivity index (χ2n) is 9.00. The monoisotopic (exact) mass is 455 g/mol. The molecule has 1 saturated heterocycles. The van der Waals surface area contributed by atoms with Gasteiger partial charge in [0.05, 0.1) is 0 Å². The summed E-state index contributed by atoms with van der Waals surface area (Å²) in [6, 6.07) is 3.06. The zero-order valence-corrected chi connectivity index (χ0v) is 19.8. The third kappa shape index (κ3) is 7.72. The van der Waals surface area contributed by atoms with Crippen molar-refractivity contribution in [3.05, 3.63) is 22.5 Å². The van der Waals surface area contributed by atoms with Crippen molar-refractivity contribution in [3.8, 4) is 0 Å². The predicted molar refractivity (Wildman–Crippen MR) is 121 cm³/mol. The Labute approximate surface area is 188 Å². The lowest BCUT2D eigenvalue weighted by molar-refractivity contribution is -0.131. The van der Waals surface area contributed by atoms with E-state index in [1.165, 1.54) is 10.7 Å². The molecule has 1 aliphatic heterocycles. The molecule has 1 atom stereocenters. The van der Waals surface area contributed by atoms with Crippen LogP contribution in [0.1, 0.15) is 40.5 Å². The number of nitrogens with zero attached hydrogens (tertiary/aromatic N) is 4. The van der Waals surface area contributed by atoms with Crippen molar-refractivity contribution in [2.75, 3.05) is 37.0 Å². The molecule has 2 heterocycles. The molecule has 1 N–H and O–H groups in total. The second kappa shape index (κ2) is 10.8. The fourth-order valence-corrected chi connectivity index (χ4v) is 3.69. The normalized spacial score (nSPS) is 16.0. The summed E-state index contributed by atoms with van der Waals surface area (Å²) >= 11 is 5.84. The van der Waals surface area contributed by atoms with Crippen LogP contribution in [0.3, 0.4) is 0 Å². The summed E-state index contributed by atoms with van der Waals surface area (Å²) in [5.74, 6) is 0.851. The minimum absolute atomic E-state index is 0.0996. The largest absolute Gasteiger partial charge is 0.444 e. The Morgan fingerprint density at radius 3 is 2.52 bits per heavy atom. The Morgan fingerprint density at radius 1 is 1.32 bits per heavy atom. The van der Waals surface area contributed by atoms with Gasteiger partial charge in [0.25, 0.3) is 5.56 Å². The number of alkyl halides is 1. The molecule has 1 aromatic rings. The number of carbonyl (C=O) groups is 2. The number of halogens is 1. The van der Waals surface area contributed by atoms with Crippen molar-refractivity contribution in [3.63, 3.8) is 0 Å². The number of hydrogen-bond donors (Lipinski definition) is 1. The van der Waals surface area contributed by atoms with E-state index in [1.54, 1.807) is 38.8 Å². The predicted octanol–water partition coefficient (Wildman–Crippen LogP) is 1.98. The lowest BCUT2D eigenvalue weighted by atomic mass is 9.95. The summed E-state index contributed by atoms with van der Waals surface area (Å²) < 4.78 is 6.60. The maximum Gasteiger partial charge on any atom is 0.407 e. The van der Waals surface area contributed by atoms with E-state index in [9.17, 15) is 14.4 Å². The quantitative estimate of drug-likeness (QED) is 0.631. The van der Waals surface area contributed by atoms with Crippen molar-refractivity contribution >= 4 is 29.4 Å². The van der Waals surface area contributed by atoms with Gasteiger partial charge in [0.1, 0.15) is 17.3 Å². The maximum atomic E-state index is 12.5. The highest BCUT2D eigenvalue weighted by atomic mass is 35.5. The maximum absolute atomic E-state index is 12.5. The van der Waals surface area contributed by atoms with Crippen molar-refractivity contribution in [1.82, 2.24) is 20.0 Å². The summed E-state index contributed by atoms with van der Waals surface area (Å²) in [5.41, 5.74) is -0.713. The van der Waals surface area contributed by atoms with Crippen molar-refractivity contribution in [2.45, 2.75) is 52.2 Å². The number of amides is 2. The Bertz CT molecular complexity index is 815. The van der Waals surface area contributed by atoms with Crippen LogP contribution in [0.25, 0.3) is 0 Å². The molecule has 0 radical (unpaired) electrons. The number of piperidine rings is 1. The summed E-state index contributed by atoms with van der Waals surface area (Å²) in [4.78, 5) is 39.8. The van der Waals surface area contributed by atoms with E-state index in [4.69, 9.17) is 16.3 Å². The number of alkyl carbamates (subject to hydrolysis) is 1. The smallest absolute Gasteiger partial charge is 0.407 e. The first kappa shape index (κ1) is 25.0. The van der Waals surface area contributed by atoms with Gasteiger partial charge in [-0.05, 0) is 52.5 Å². The number of anilines is 1. The zero-order valence-electron chi connectivity index (χ0n) is 19.1. The minimum atomic E-state index is -0.577. The van der Waals surface area contributed by atoms with E-state index in [-0.39, 0.29) is 23.4 Å². The number of aryl methyl sites for hydroxylation is 1. The van der Waals surface area contributed by atoms with Crippen LogP contribution in [0.15, 0.2) is 16.9 Å². The van der Waals surface area contributed by atoms with Gasteiger partial charge in [-0.2, -0.15) is 5.10 Å². The third-order valence-corrected chi connectivity index (χ3v) is 5.48. The van der Waals surface area contributed by atoms with Gasteiger partial charge < -0.3 is 19.9 Å². The molecule has 0 aliphatic carbocycles. The number of hydrogen-bond acceptors (Lipinski definition) is 6. The molecule has 0 unspecified atom stereocenters. The van der Waals surface area contributed by atoms with Gasteiger partial charge in [-0.25, -0.2) is 9.48 Å². The second-order valence-corrected chi connectivity index (χ2v) is 9.26. The molecule has 2 rings (SSSR count).